The van der Waals surface area contributed by atoms with Crippen LogP contribution in [0.25, 0.3) is 11.0 Å². The van der Waals surface area contributed by atoms with Crippen LogP contribution in [0.1, 0.15) is 19.0 Å². The van der Waals surface area contributed by atoms with Crippen molar-refractivity contribution in [2.24, 2.45) is 0 Å². The minimum absolute atomic E-state index is 0.725. The number of rotatable bonds is 5. The molecule has 0 atom stereocenters. The van der Waals surface area contributed by atoms with E-state index in [1.54, 1.807) is 0 Å². The van der Waals surface area contributed by atoms with Gasteiger partial charge in [0.2, 0.25) is 0 Å². The van der Waals surface area contributed by atoms with Gasteiger partial charge in [0.1, 0.15) is 5.75 Å². The van der Waals surface area contributed by atoms with Crippen molar-refractivity contribution in [1.82, 2.24) is 5.16 Å². The second-order valence-corrected chi connectivity index (χ2v) is 4.06. The van der Waals surface area contributed by atoms with Crippen LogP contribution >= 0.6 is 12.6 Å². The van der Waals surface area contributed by atoms with Gasteiger partial charge in [0.05, 0.1) is 12.3 Å². The fourth-order valence-corrected chi connectivity index (χ4v) is 1.78. The highest BCUT2D eigenvalue weighted by molar-refractivity contribution is 7.80. The molecule has 0 N–H and O–H groups in total. The zero-order chi connectivity index (χ0) is 11.4. The summed E-state index contributed by atoms with van der Waals surface area (Å²) >= 11 is 4.19. The first kappa shape index (κ1) is 11.3. The van der Waals surface area contributed by atoms with Gasteiger partial charge in [-0.1, -0.05) is 12.1 Å². The van der Waals surface area contributed by atoms with E-state index in [9.17, 15) is 0 Å². The van der Waals surface area contributed by atoms with E-state index in [-0.39, 0.29) is 0 Å². The van der Waals surface area contributed by atoms with Gasteiger partial charge >= 0.3 is 0 Å². The molecule has 2 rings (SSSR count). The van der Waals surface area contributed by atoms with E-state index in [2.05, 4.69) is 24.7 Å². The van der Waals surface area contributed by atoms with E-state index < -0.39 is 0 Å². The maximum Gasteiger partial charge on any atom is 0.170 e. The van der Waals surface area contributed by atoms with Gasteiger partial charge in [0.15, 0.2) is 5.58 Å². The second-order valence-electron chi connectivity index (χ2n) is 3.61. The minimum atomic E-state index is 0.725. The fraction of sp³-hybridized carbons (Fsp3) is 0.417. The predicted octanol–water partition coefficient (Wildman–Crippen LogP) is 3.09. The third-order valence-corrected chi connectivity index (χ3v) is 2.56. The number of aromatic nitrogens is 1. The van der Waals surface area contributed by atoms with Crippen LogP contribution in [0, 0.1) is 0 Å². The minimum Gasteiger partial charge on any atom is -0.493 e. The summed E-state index contributed by atoms with van der Waals surface area (Å²) in [5.74, 6) is 1.61. The first-order valence-electron chi connectivity index (χ1n) is 5.47. The largest absolute Gasteiger partial charge is 0.493 e. The molecule has 1 aromatic carbocycles. The zero-order valence-electron chi connectivity index (χ0n) is 9.27. The first-order chi connectivity index (χ1) is 7.85. The quantitative estimate of drug-likeness (QED) is 0.812. The standard InChI is InChI=1S/C12H15NO2S/c1-2-6-14-9-3-4-10-11(5-7-16)13-15-12(10)8-9/h3-4,8,16H,2,5-7H2,1H3. The molecule has 0 bridgehead atoms. The number of ether oxygens (including phenoxy) is 1. The van der Waals surface area contributed by atoms with Crippen molar-refractivity contribution in [2.75, 3.05) is 12.4 Å². The number of fused-ring (bicyclic) bond motifs is 1. The molecule has 0 saturated heterocycles. The van der Waals surface area contributed by atoms with Crippen molar-refractivity contribution >= 4 is 23.6 Å². The van der Waals surface area contributed by atoms with Crippen molar-refractivity contribution in [3.63, 3.8) is 0 Å². The van der Waals surface area contributed by atoms with E-state index in [0.29, 0.717) is 0 Å². The van der Waals surface area contributed by atoms with Gasteiger partial charge in [-0.25, -0.2) is 0 Å². The highest BCUT2D eigenvalue weighted by Gasteiger charge is 2.08. The van der Waals surface area contributed by atoms with E-state index >= 15 is 0 Å². The van der Waals surface area contributed by atoms with Crippen LogP contribution in [0.4, 0.5) is 0 Å². The van der Waals surface area contributed by atoms with Crippen molar-refractivity contribution in [2.45, 2.75) is 19.8 Å². The van der Waals surface area contributed by atoms with Gasteiger partial charge in [-0.15, -0.1) is 0 Å². The lowest BCUT2D eigenvalue weighted by atomic mass is 10.2. The monoisotopic (exact) mass is 237 g/mol. The van der Waals surface area contributed by atoms with Gasteiger partial charge in [-0.2, -0.15) is 12.6 Å². The molecule has 3 nitrogen and oxygen atoms in total. The molecule has 0 aliphatic rings. The Labute approximate surface area is 100 Å². The van der Waals surface area contributed by atoms with Crippen molar-refractivity contribution in [1.29, 1.82) is 0 Å². The number of hydrogen-bond donors (Lipinski definition) is 1. The molecule has 0 aliphatic carbocycles. The molecule has 1 aromatic heterocycles. The summed E-state index contributed by atoms with van der Waals surface area (Å²) in [6.45, 7) is 2.81. The molecule has 4 heteroatoms. The van der Waals surface area contributed by atoms with E-state index in [1.165, 1.54) is 0 Å². The maximum atomic E-state index is 5.53. The van der Waals surface area contributed by atoms with Crippen LogP contribution in [-0.4, -0.2) is 17.5 Å². The molecule has 0 spiro atoms. The summed E-state index contributed by atoms with van der Waals surface area (Å²) in [6.07, 6.45) is 1.82. The van der Waals surface area contributed by atoms with Crippen molar-refractivity contribution in [3.8, 4) is 5.75 Å². The third-order valence-electron chi connectivity index (χ3n) is 2.34. The van der Waals surface area contributed by atoms with Crippen LogP contribution in [0.15, 0.2) is 22.7 Å². The zero-order valence-corrected chi connectivity index (χ0v) is 10.2. The van der Waals surface area contributed by atoms with Gasteiger partial charge in [-0.05, 0) is 24.3 Å². The molecule has 86 valence electrons. The Bertz CT molecular complexity index is 467. The highest BCUT2D eigenvalue weighted by atomic mass is 32.1. The normalized spacial score (nSPS) is 10.9. The predicted molar refractivity (Wildman–Crippen MR) is 67.4 cm³/mol. The van der Waals surface area contributed by atoms with Gasteiger partial charge < -0.3 is 9.26 Å². The average Bonchev–Trinajstić information content (AvgIpc) is 2.70. The van der Waals surface area contributed by atoms with Crippen molar-refractivity contribution < 1.29 is 9.26 Å². The Kier molecular flexibility index (Phi) is 3.72. The Morgan fingerprint density at radius 2 is 2.31 bits per heavy atom. The molecule has 0 fully saturated rings. The van der Waals surface area contributed by atoms with Crippen LogP contribution in [-0.2, 0) is 6.42 Å². The van der Waals surface area contributed by atoms with Crippen LogP contribution < -0.4 is 4.74 Å². The lowest BCUT2D eigenvalue weighted by Crippen LogP contribution is -1.94. The second kappa shape index (κ2) is 5.25. The van der Waals surface area contributed by atoms with Crippen molar-refractivity contribution in [3.05, 3.63) is 23.9 Å². The number of benzene rings is 1. The lowest BCUT2D eigenvalue weighted by Gasteiger charge is -2.02. The van der Waals surface area contributed by atoms with Gasteiger partial charge in [0, 0.05) is 17.9 Å². The fourth-order valence-electron chi connectivity index (χ4n) is 1.57. The molecule has 0 unspecified atom stereocenters. The molecular weight excluding hydrogens is 222 g/mol. The molecule has 16 heavy (non-hydrogen) atoms. The third kappa shape index (κ3) is 2.32. The number of hydrogen-bond acceptors (Lipinski definition) is 4. The summed E-state index contributed by atoms with van der Waals surface area (Å²) in [7, 11) is 0. The molecule has 1 heterocycles. The molecular formula is C12H15NO2S. The van der Waals surface area contributed by atoms with Crippen LogP contribution in [0.5, 0.6) is 5.75 Å². The Morgan fingerprint density at radius 3 is 3.06 bits per heavy atom. The number of nitrogens with zero attached hydrogens (tertiary/aromatic N) is 1. The highest BCUT2D eigenvalue weighted by Crippen LogP contribution is 2.24. The Balaban J connectivity index is 2.26. The SMILES string of the molecule is CCCOc1ccc2c(CCS)noc2c1. The Hall–Kier alpha value is -1.16. The maximum absolute atomic E-state index is 5.53. The van der Waals surface area contributed by atoms with Gasteiger partial charge in [0.25, 0.3) is 0 Å². The summed E-state index contributed by atoms with van der Waals surface area (Å²) in [6, 6.07) is 5.84. The summed E-state index contributed by atoms with van der Waals surface area (Å²) in [5, 5.41) is 5.08. The summed E-state index contributed by atoms with van der Waals surface area (Å²) < 4.78 is 10.8. The molecule has 0 amide bonds. The topological polar surface area (TPSA) is 35.3 Å². The van der Waals surface area contributed by atoms with E-state index in [0.717, 1.165) is 47.6 Å². The van der Waals surface area contributed by atoms with E-state index in [1.807, 2.05) is 18.2 Å². The molecule has 0 radical (unpaired) electrons. The summed E-state index contributed by atoms with van der Waals surface area (Å²) in [5.41, 5.74) is 1.75. The van der Waals surface area contributed by atoms with Gasteiger partial charge in [-0.3, -0.25) is 0 Å². The molecule has 0 aliphatic heterocycles. The average molecular weight is 237 g/mol. The first-order valence-corrected chi connectivity index (χ1v) is 6.10. The molecule has 0 saturated carbocycles. The number of thiol groups is 1. The van der Waals surface area contributed by atoms with Crippen LogP contribution in [0.2, 0.25) is 0 Å². The molecule has 2 aromatic rings. The van der Waals surface area contributed by atoms with Crippen LogP contribution in [0.3, 0.4) is 0 Å². The summed E-state index contributed by atoms with van der Waals surface area (Å²) in [4.78, 5) is 0. The van der Waals surface area contributed by atoms with E-state index in [4.69, 9.17) is 9.26 Å². The number of aryl methyl sites for hydroxylation is 1. The lowest BCUT2D eigenvalue weighted by molar-refractivity contribution is 0.317. The Morgan fingerprint density at radius 1 is 1.44 bits per heavy atom. The smallest absolute Gasteiger partial charge is 0.170 e.